The lowest BCUT2D eigenvalue weighted by atomic mass is 9.74. The molecule has 1 aromatic heterocycles. The molecule has 10 heteroatoms. The summed E-state index contributed by atoms with van der Waals surface area (Å²) in [5.41, 5.74) is 8.27. The maximum Gasteiger partial charge on any atom is 0.270 e. The second kappa shape index (κ2) is 8.23. The third-order valence-electron chi connectivity index (χ3n) is 8.39. The summed E-state index contributed by atoms with van der Waals surface area (Å²) < 4.78 is 12.4. The number of anilines is 2. The Kier molecular flexibility index (Phi) is 5.26. The number of nitrogens with zero attached hydrogens (tertiary/aromatic N) is 2. The number of benzene rings is 1. The largest absolute Gasteiger partial charge is 0.497 e. The zero-order chi connectivity index (χ0) is 24.3. The number of ether oxygens (including phenoxy) is 2. The monoisotopic (exact) mass is 480 g/mol. The first-order valence-corrected chi connectivity index (χ1v) is 12.4. The summed E-state index contributed by atoms with van der Waals surface area (Å²) >= 11 is 0. The summed E-state index contributed by atoms with van der Waals surface area (Å²) in [5, 5.41) is 10.9. The maximum atomic E-state index is 13.1. The van der Waals surface area contributed by atoms with Gasteiger partial charge in [0.2, 0.25) is 5.91 Å². The predicted molar refractivity (Wildman–Crippen MR) is 130 cm³/mol. The number of carbonyl (C=O) groups excluding carboxylic acids is 1. The number of rotatable bonds is 6. The van der Waals surface area contributed by atoms with E-state index in [-0.39, 0.29) is 17.6 Å². The van der Waals surface area contributed by atoms with Crippen LogP contribution in [0, 0.1) is 17.8 Å². The van der Waals surface area contributed by atoms with Crippen LogP contribution in [0.25, 0.3) is 0 Å². The summed E-state index contributed by atoms with van der Waals surface area (Å²) in [4.78, 5) is 25.1. The predicted octanol–water partition coefficient (Wildman–Crippen LogP) is 1.73. The Morgan fingerprint density at radius 2 is 2.09 bits per heavy atom. The summed E-state index contributed by atoms with van der Waals surface area (Å²) in [6, 6.07) is 7.65. The topological polar surface area (TPSA) is 119 Å². The van der Waals surface area contributed by atoms with Gasteiger partial charge in [-0.05, 0) is 68.2 Å². The molecule has 3 fully saturated rings. The smallest absolute Gasteiger partial charge is 0.270 e. The fraction of sp³-hybridized carbons (Fsp3) is 0.560. The maximum absolute atomic E-state index is 13.1. The molecule has 2 aromatic rings. The van der Waals surface area contributed by atoms with Crippen molar-refractivity contribution in [2.45, 2.75) is 50.2 Å². The van der Waals surface area contributed by atoms with E-state index in [1.807, 2.05) is 25.1 Å². The Labute approximate surface area is 203 Å². The normalized spacial score (nSPS) is 32.7. The first kappa shape index (κ1) is 22.4. The van der Waals surface area contributed by atoms with Crippen LogP contribution in [0.3, 0.4) is 0 Å². The zero-order valence-electron chi connectivity index (χ0n) is 20.3. The molecular weight excluding hydrogens is 448 g/mol. The van der Waals surface area contributed by atoms with E-state index >= 15 is 0 Å². The van der Waals surface area contributed by atoms with Gasteiger partial charge < -0.3 is 20.1 Å². The van der Waals surface area contributed by atoms with Crippen molar-refractivity contribution in [3.63, 3.8) is 0 Å². The Morgan fingerprint density at radius 1 is 1.23 bits per heavy atom. The van der Waals surface area contributed by atoms with Gasteiger partial charge in [0.05, 0.1) is 31.4 Å². The minimum Gasteiger partial charge on any atom is -0.497 e. The number of fused-ring (bicyclic) bond motifs is 3. The summed E-state index contributed by atoms with van der Waals surface area (Å²) in [7, 11) is 3.30. The Balaban J connectivity index is 1.16. The number of carbonyl (C=O) groups is 1. The molecule has 10 nitrogen and oxygen atoms in total. The number of hydrogen-bond acceptors (Lipinski definition) is 8. The fourth-order valence-corrected chi connectivity index (χ4v) is 6.55. The van der Waals surface area contributed by atoms with Crippen molar-refractivity contribution in [3.05, 3.63) is 40.2 Å². The molecule has 1 aromatic carbocycles. The van der Waals surface area contributed by atoms with E-state index in [1.165, 1.54) is 10.7 Å². The molecule has 6 rings (SSSR count). The molecule has 4 N–H and O–H groups in total. The highest BCUT2D eigenvalue weighted by atomic mass is 16.5. The lowest BCUT2D eigenvalue weighted by Gasteiger charge is -2.34. The molecule has 0 bridgehead atoms. The second-order valence-electron chi connectivity index (χ2n) is 10.2. The SMILES string of the molecule is CCOc1cc(=O)n(C)nc1NC1NNC2CC([C@@H]3C[C@@]34C(=O)Nc3ccc(OC)cc34)CCC21. The molecule has 2 aliphatic heterocycles. The molecule has 0 radical (unpaired) electrons. The van der Waals surface area contributed by atoms with Crippen LogP contribution in [-0.2, 0) is 17.3 Å². The second-order valence-corrected chi connectivity index (χ2v) is 10.2. The molecule has 4 unspecified atom stereocenters. The number of nitrogens with one attached hydrogen (secondary N) is 4. The van der Waals surface area contributed by atoms with Crippen molar-refractivity contribution < 1.29 is 14.3 Å². The zero-order valence-corrected chi connectivity index (χ0v) is 20.3. The molecular formula is C25H32N6O4. The molecule has 3 heterocycles. The minimum absolute atomic E-state index is 0.0295. The molecule has 4 aliphatic rings. The van der Waals surface area contributed by atoms with Gasteiger partial charge in [-0.2, -0.15) is 0 Å². The van der Waals surface area contributed by atoms with Gasteiger partial charge in [0.1, 0.15) is 5.75 Å². The van der Waals surface area contributed by atoms with E-state index in [4.69, 9.17) is 9.47 Å². The average Bonchev–Trinajstić information content (AvgIpc) is 3.40. The first-order valence-electron chi connectivity index (χ1n) is 12.4. The first-order chi connectivity index (χ1) is 16.9. The van der Waals surface area contributed by atoms with Gasteiger partial charge in [-0.1, -0.05) is 0 Å². The molecule has 1 spiro atoms. The molecule has 2 saturated carbocycles. The number of aryl methyl sites for hydroxylation is 1. The number of hydrazine groups is 1. The van der Waals surface area contributed by atoms with Gasteiger partial charge in [0, 0.05) is 24.7 Å². The van der Waals surface area contributed by atoms with E-state index in [0.29, 0.717) is 42.0 Å². The Bertz CT molecular complexity index is 1230. The van der Waals surface area contributed by atoms with Crippen LogP contribution in [0.5, 0.6) is 11.5 Å². The van der Waals surface area contributed by atoms with Crippen LogP contribution in [0.4, 0.5) is 11.5 Å². The van der Waals surface area contributed by atoms with Gasteiger partial charge in [0.25, 0.3) is 5.56 Å². The number of amides is 1. The van der Waals surface area contributed by atoms with Crippen LogP contribution < -0.4 is 36.5 Å². The standard InChI is InChI=1S/C25H32N6O4/c1-4-35-20-11-21(32)31(2)30-23(20)27-22-15-7-5-13(9-19(15)28-29-22)17-12-25(17)16-10-14(34-3)6-8-18(16)26-24(25)33/h6,8,10-11,13,15,17,19,22,28-29H,4-5,7,9,12H2,1-3H3,(H,26,33)(H,27,30)/t13?,15?,17-,19?,22?,25-/m0/s1. The molecule has 186 valence electrons. The summed E-state index contributed by atoms with van der Waals surface area (Å²) in [5.74, 6) is 3.14. The third kappa shape index (κ3) is 3.49. The molecule has 35 heavy (non-hydrogen) atoms. The fourth-order valence-electron chi connectivity index (χ4n) is 6.55. The third-order valence-corrected chi connectivity index (χ3v) is 8.39. The Morgan fingerprint density at radius 3 is 2.89 bits per heavy atom. The van der Waals surface area contributed by atoms with Gasteiger partial charge in [0.15, 0.2) is 11.6 Å². The van der Waals surface area contributed by atoms with E-state index in [9.17, 15) is 9.59 Å². The highest BCUT2D eigenvalue weighted by molar-refractivity contribution is 6.09. The van der Waals surface area contributed by atoms with E-state index in [0.717, 1.165) is 42.7 Å². The molecule has 1 amide bonds. The lowest BCUT2D eigenvalue weighted by molar-refractivity contribution is -0.118. The van der Waals surface area contributed by atoms with Crippen LogP contribution >= 0.6 is 0 Å². The van der Waals surface area contributed by atoms with E-state index in [2.05, 4.69) is 26.6 Å². The molecule has 2 aliphatic carbocycles. The molecule has 1 saturated heterocycles. The van der Waals surface area contributed by atoms with Gasteiger partial charge >= 0.3 is 0 Å². The van der Waals surface area contributed by atoms with Crippen LogP contribution in [-0.4, -0.2) is 41.6 Å². The number of methoxy groups -OCH3 is 1. The van der Waals surface area contributed by atoms with E-state index < -0.39 is 5.41 Å². The quantitative estimate of drug-likeness (QED) is 0.494. The van der Waals surface area contributed by atoms with Crippen molar-refractivity contribution in [2.75, 3.05) is 24.4 Å². The minimum atomic E-state index is -0.407. The Hall–Kier alpha value is -3.11. The van der Waals surface area contributed by atoms with Crippen molar-refractivity contribution in [3.8, 4) is 11.5 Å². The van der Waals surface area contributed by atoms with Crippen molar-refractivity contribution in [2.24, 2.45) is 24.8 Å². The number of aromatic nitrogens is 2. The average molecular weight is 481 g/mol. The van der Waals surface area contributed by atoms with Gasteiger partial charge in [-0.3, -0.25) is 15.0 Å². The highest BCUT2D eigenvalue weighted by Crippen LogP contribution is 2.65. The van der Waals surface area contributed by atoms with Crippen LogP contribution in [0.2, 0.25) is 0 Å². The molecule has 6 atom stereocenters. The van der Waals surface area contributed by atoms with Gasteiger partial charge in [-0.25, -0.2) is 10.1 Å². The highest BCUT2D eigenvalue weighted by Gasteiger charge is 2.67. The van der Waals surface area contributed by atoms with Crippen LogP contribution in [0.1, 0.15) is 38.2 Å². The van der Waals surface area contributed by atoms with Gasteiger partial charge in [-0.15, -0.1) is 5.10 Å². The van der Waals surface area contributed by atoms with Crippen LogP contribution in [0.15, 0.2) is 29.1 Å². The number of hydrogen-bond donors (Lipinski definition) is 4. The van der Waals surface area contributed by atoms with Crippen molar-refractivity contribution in [1.82, 2.24) is 20.6 Å². The van der Waals surface area contributed by atoms with Crippen molar-refractivity contribution in [1.29, 1.82) is 0 Å². The van der Waals surface area contributed by atoms with Crippen molar-refractivity contribution >= 4 is 17.4 Å². The summed E-state index contributed by atoms with van der Waals surface area (Å²) in [6.07, 6.45) is 3.98. The van der Waals surface area contributed by atoms with E-state index in [1.54, 1.807) is 14.2 Å². The summed E-state index contributed by atoms with van der Waals surface area (Å²) in [6.45, 7) is 2.34. The lowest BCUT2D eigenvalue weighted by Crippen LogP contribution is -2.39.